The lowest BCUT2D eigenvalue weighted by atomic mass is 10.1. The van der Waals surface area contributed by atoms with Crippen molar-refractivity contribution in [2.75, 3.05) is 20.6 Å². The van der Waals surface area contributed by atoms with E-state index in [4.69, 9.17) is 4.74 Å². The average molecular weight is 408 g/mol. The van der Waals surface area contributed by atoms with E-state index in [-0.39, 0.29) is 28.5 Å². The summed E-state index contributed by atoms with van der Waals surface area (Å²) >= 11 is 0. The standard InChI is InChI=1S/C23H24N2O5/c1-4-5-13-25-20(26)17-12-11-16(14-18(17)21(25)27)23(29)30-19(22(28)24(2)3)15-9-7-6-8-10-15/h6-12,14,19H,4-5,13H2,1-3H3/t19-/m0/s1. The van der Waals surface area contributed by atoms with E-state index in [0.29, 0.717) is 18.5 Å². The van der Waals surface area contributed by atoms with Crippen LogP contribution >= 0.6 is 0 Å². The zero-order chi connectivity index (χ0) is 21.8. The van der Waals surface area contributed by atoms with Crippen molar-refractivity contribution in [2.45, 2.75) is 25.9 Å². The van der Waals surface area contributed by atoms with Gasteiger partial charge in [-0.3, -0.25) is 19.3 Å². The molecule has 0 aliphatic carbocycles. The van der Waals surface area contributed by atoms with Gasteiger partial charge in [-0.1, -0.05) is 43.7 Å². The number of carbonyl (C=O) groups excluding carboxylic acids is 4. The minimum Gasteiger partial charge on any atom is -0.444 e. The molecule has 0 unspecified atom stereocenters. The number of hydrogen-bond donors (Lipinski definition) is 0. The maximum Gasteiger partial charge on any atom is 0.339 e. The number of esters is 1. The van der Waals surface area contributed by atoms with Crippen LogP contribution in [0.3, 0.4) is 0 Å². The minimum absolute atomic E-state index is 0.111. The van der Waals surface area contributed by atoms with Crippen LogP contribution in [0.4, 0.5) is 0 Å². The first kappa shape index (κ1) is 21.2. The van der Waals surface area contributed by atoms with Gasteiger partial charge in [-0.2, -0.15) is 0 Å². The number of fused-ring (bicyclic) bond motifs is 1. The smallest absolute Gasteiger partial charge is 0.339 e. The minimum atomic E-state index is -1.11. The lowest BCUT2D eigenvalue weighted by Crippen LogP contribution is -2.31. The highest BCUT2D eigenvalue weighted by Crippen LogP contribution is 2.26. The van der Waals surface area contributed by atoms with E-state index in [2.05, 4.69) is 0 Å². The monoisotopic (exact) mass is 408 g/mol. The van der Waals surface area contributed by atoms with Gasteiger partial charge in [0.15, 0.2) is 0 Å². The number of likely N-dealkylation sites (N-methyl/N-ethyl adjacent to an activating group) is 1. The number of unbranched alkanes of at least 4 members (excludes halogenated alkanes) is 1. The number of hydrogen-bond acceptors (Lipinski definition) is 5. The van der Waals surface area contributed by atoms with Crippen LogP contribution in [0.15, 0.2) is 48.5 Å². The first-order valence-corrected chi connectivity index (χ1v) is 9.82. The topological polar surface area (TPSA) is 84.0 Å². The van der Waals surface area contributed by atoms with Crippen molar-refractivity contribution in [3.8, 4) is 0 Å². The van der Waals surface area contributed by atoms with Crippen molar-refractivity contribution < 1.29 is 23.9 Å². The first-order valence-electron chi connectivity index (χ1n) is 9.82. The third-order valence-electron chi connectivity index (χ3n) is 4.93. The average Bonchev–Trinajstić information content (AvgIpc) is 2.99. The predicted molar refractivity (Wildman–Crippen MR) is 110 cm³/mol. The summed E-state index contributed by atoms with van der Waals surface area (Å²) in [5.41, 5.74) is 1.11. The molecule has 1 aliphatic heterocycles. The van der Waals surface area contributed by atoms with E-state index in [1.165, 1.54) is 28.0 Å². The quantitative estimate of drug-likeness (QED) is 0.519. The number of amides is 3. The molecule has 7 nitrogen and oxygen atoms in total. The number of nitrogens with zero attached hydrogens (tertiary/aromatic N) is 2. The first-order chi connectivity index (χ1) is 14.3. The van der Waals surface area contributed by atoms with Crippen LogP contribution in [0, 0.1) is 0 Å². The number of ether oxygens (including phenoxy) is 1. The van der Waals surface area contributed by atoms with Gasteiger partial charge in [0.1, 0.15) is 0 Å². The summed E-state index contributed by atoms with van der Waals surface area (Å²) in [6.45, 7) is 2.32. The van der Waals surface area contributed by atoms with Crippen molar-refractivity contribution in [3.05, 3.63) is 70.8 Å². The summed E-state index contributed by atoms with van der Waals surface area (Å²) in [5, 5.41) is 0. The Morgan fingerprint density at radius 1 is 1.00 bits per heavy atom. The van der Waals surface area contributed by atoms with Crippen molar-refractivity contribution >= 4 is 23.7 Å². The van der Waals surface area contributed by atoms with Gasteiger partial charge < -0.3 is 9.64 Å². The molecule has 156 valence electrons. The van der Waals surface area contributed by atoms with E-state index in [1.54, 1.807) is 44.4 Å². The van der Waals surface area contributed by atoms with Gasteiger partial charge in [-0.05, 0) is 24.6 Å². The number of carbonyl (C=O) groups is 4. The van der Waals surface area contributed by atoms with Gasteiger partial charge >= 0.3 is 5.97 Å². The van der Waals surface area contributed by atoms with E-state index in [9.17, 15) is 19.2 Å². The lowest BCUT2D eigenvalue weighted by Gasteiger charge is -2.21. The SMILES string of the molecule is CCCCN1C(=O)c2ccc(C(=O)O[C@H](C(=O)N(C)C)c3ccccc3)cc2C1=O. The second-order valence-electron chi connectivity index (χ2n) is 7.30. The molecule has 0 bridgehead atoms. The molecule has 0 N–H and O–H groups in total. The van der Waals surface area contributed by atoms with Crippen LogP contribution in [0.5, 0.6) is 0 Å². The summed E-state index contributed by atoms with van der Waals surface area (Å²) < 4.78 is 5.52. The molecular weight excluding hydrogens is 384 g/mol. The molecule has 1 aliphatic rings. The van der Waals surface area contributed by atoms with Crippen molar-refractivity contribution in [1.29, 1.82) is 0 Å². The summed E-state index contributed by atoms with van der Waals surface area (Å²) in [6.07, 6.45) is 0.456. The van der Waals surface area contributed by atoms with Gasteiger partial charge in [0.2, 0.25) is 6.10 Å². The van der Waals surface area contributed by atoms with Crippen molar-refractivity contribution in [1.82, 2.24) is 9.80 Å². The molecule has 30 heavy (non-hydrogen) atoms. The molecule has 0 radical (unpaired) electrons. The maximum absolute atomic E-state index is 12.8. The van der Waals surface area contributed by atoms with Crippen molar-refractivity contribution in [2.24, 2.45) is 0 Å². The van der Waals surface area contributed by atoms with E-state index in [1.807, 2.05) is 6.92 Å². The summed E-state index contributed by atoms with van der Waals surface area (Å²) in [4.78, 5) is 53.0. The van der Waals surface area contributed by atoms with Gasteiger partial charge in [0.25, 0.3) is 17.7 Å². The fourth-order valence-corrected chi connectivity index (χ4v) is 3.24. The van der Waals surface area contributed by atoms with Crippen LogP contribution in [0.2, 0.25) is 0 Å². The summed E-state index contributed by atoms with van der Waals surface area (Å²) in [5.74, 6) is -1.89. The third-order valence-corrected chi connectivity index (χ3v) is 4.93. The molecule has 1 atom stereocenters. The zero-order valence-corrected chi connectivity index (χ0v) is 17.3. The summed E-state index contributed by atoms with van der Waals surface area (Å²) in [7, 11) is 3.16. The molecule has 3 amide bonds. The molecular formula is C23H24N2O5. The van der Waals surface area contributed by atoms with E-state index in [0.717, 1.165) is 6.42 Å². The number of imide groups is 1. The van der Waals surface area contributed by atoms with Gasteiger partial charge in [0, 0.05) is 26.2 Å². The Morgan fingerprint density at radius 3 is 2.30 bits per heavy atom. The maximum atomic E-state index is 12.8. The second kappa shape index (κ2) is 8.90. The van der Waals surface area contributed by atoms with Gasteiger partial charge in [-0.15, -0.1) is 0 Å². The second-order valence-corrected chi connectivity index (χ2v) is 7.30. The highest BCUT2D eigenvalue weighted by atomic mass is 16.5. The normalized spacial score (nSPS) is 13.8. The molecule has 0 saturated heterocycles. The number of benzene rings is 2. The Morgan fingerprint density at radius 2 is 1.67 bits per heavy atom. The lowest BCUT2D eigenvalue weighted by molar-refractivity contribution is -0.138. The Kier molecular flexibility index (Phi) is 6.30. The largest absolute Gasteiger partial charge is 0.444 e. The molecule has 2 aromatic rings. The molecule has 0 aromatic heterocycles. The fraction of sp³-hybridized carbons (Fsp3) is 0.304. The van der Waals surface area contributed by atoms with Crippen LogP contribution in [0.1, 0.15) is 62.5 Å². The molecule has 3 rings (SSSR count). The molecule has 0 saturated carbocycles. The summed E-state index contributed by atoms with van der Waals surface area (Å²) in [6, 6.07) is 13.0. The Bertz CT molecular complexity index is 984. The predicted octanol–water partition coefficient (Wildman–Crippen LogP) is 3.07. The van der Waals surface area contributed by atoms with Crippen LogP contribution in [-0.2, 0) is 9.53 Å². The van der Waals surface area contributed by atoms with Gasteiger partial charge in [0.05, 0.1) is 16.7 Å². The molecule has 2 aromatic carbocycles. The zero-order valence-electron chi connectivity index (χ0n) is 17.3. The van der Waals surface area contributed by atoms with Crippen LogP contribution in [-0.4, -0.2) is 54.1 Å². The van der Waals surface area contributed by atoms with Gasteiger partial charge in [-0.25, -0.2) is 4.79 Å². The third kappa shape index (κ3) is 4.10. The Labute approximate surface area is 175 Å². The molecule has 7 heteroatoms. The Hall–Kier alpha value is -3.48. The van der Waals surface area contributed by atoms with Crippen molar-refractivity contribution in [3.63, 3.8) is 0 Å². The van der Waals surface area contributed by atoms with Crippen LogP contribution < -0.4 is 0 Å². The van der Waals surface area contributed by atoms with E-state index < -0.39 is 18.0 Å². The number of rotatable bonds is 7. The highest BCUT2D eigenvalue weighted by Gasteiger charge is 2.36. The molecule has 1 heterocycles. The Balaban J connectivity index is 1.86. The highest BCUT2D eigenvalue weighted by molar-refractivity contribution is 6.22. The molecule has 0 spiro atoms. The molecule has 0 fully saturated rings. The fourth-order valence-electron chi connectivity index (χ4n) is 3.24. The van der Waals surface area contributed by atoms with Crippen LogP contribution in [0.25, 0.3) is 0 Å². The van der Waals surface area contributed by atoms with E-state index >= 15 is 0 Å².